The van der Waals surface area contributed by atoms with E-state index in [4.69, 9.17) is 5.11 Å². The molecule has 5 heteroatoms. The summed E-state index contributed by atoms with van der Waals surface area (Å²) in [4.78, 5) is 15.3. The summed E-state index contributed by atoms with van der Waals surface area (Å²) in [6.45, 7) is 4.49. The summed E-state index contributed by atoms with van der Waals surface area (Å²) in [7, 11) is 0. The number of fused-ring (bicyclic) bond motifs is 1. The van der Waals surface area contributed by atoms with E-state index in [1.807, 2.05) is 35.8 Å². The Morgan fingerprint density at radius 2 is 2.24 bits per heavy atom. The summed E-state index contributed by atoms with van der Waals surface area (Å²) in [6, 6.07) is 7.84. The van der Waals surface area contributed by atoms with E-state index in [0.29, 0.717) is 0 Å². The van der Waals surface area contributed by atoms with Gasteiger partial charge in [-0.15, -0.1) is 0 Å². The van der Waals surface area contributed by atoms with Gasteiger partial charge >= 0.3 is 5.97 Å². The molecule has 0 aliphatic carbocycles. The normalized spacial score (nSPS) is 12.8. The first-order chi connectivity index (χ1) is 8.13. The van der Waals surface area contributed by atoms with E-state index in [1.165, 1.54) is 11.8 Å². The van der Waals surface area contributed by atoms with Crippen molar-refractivity contribution in [1.29, 1.82) is 0 Å². The number of carboxylic acid groups (broad SMARTS) is 1. The number of aliphatic carboxylic acids is 1. The Morgan fingerprint density at radius 1 is 1.53 bits per heavy atom. The van der Waals surface area contributed by atoms with Gasteiger partial charge in [-0.2, -0.15) is 0 Å². The number of nitrogens with zero attached hydrogens (tertiary/aromatic N) is 2. The molecule has 0 saturated carbocycles. The van der Waals surface area contributed by atoms with Crippen molar-refractivity contribution in [3.05, 3.63) is 24.3 Å². The molecule has 0 amide bonds. The molecule has 1 aromatic heterocycles. The smallest absolute Gasteiger partial charge is 0.316 e. The molecule has 1 N–H and O–H groups in total. The molecule has 0 spiro atoms. The molecule has 0 bridgehead atoms. The van der Waals surface area contributed by atoms with E-state index in [1.54, 1.807) is 6.92 Å². The number of aryl methyl sites for hydroxylation is 1. The summed E-state index contributed by atoms with van der Waals surface area (Å²) in [5, 5.41) is 9.20. The highest BCUT2D eigenvalue weighted by Gasteiger charge is 2.17. The molecule has 0 fully saturated rings. The number of thioether (sulfide) groups is 1. The second kappa shape index (κ2) is 4.79. The fourth-order valence-electron chi connectivity index (χ4n) is 1.66. The molecule has 90 valence electrons. The molecular formula is C12H14N2O2S. The van der Waals surface area contributed by atoms with Crippen LogP contribution in [-0.2, 0) is 11.3 Å². The Morgan fingerprint density at radius 3 is 2.88 bits per heavy atom. The lowest BCUT2D eigenvalue weighted by Crippen LogP contribution is -2.12. The van der Waals surface area contributed by atoms with E-state index in [-0.39, 0.29) is 0 Å². The van der Waals surface area contributed by atoms with Crippen LogP contribution in [0.15, 0.2) is 29.4 Å². The Balaban J connectivity index is 2.43. The maximum Gasteiger partial charge on any atom is 0.316 e. The molecule has 0 saturated heterocycles. The summed E-state index contributed by atoms with van der Waals surface area (Å²) in [5.74, 6) is -0.815. The van der Waals surface area contributed by atoms with Crippen LogP contribution < -0.4 is 0 Å². The second-order valence-corrected chi connectivity index (χ2v) is 5.03. The van der Waals surface area contributed by atoms with Gasteiger partial charge in [0.1, 0.15) is 5.25 Å². The van der Waals surface area contributed by atoms with Gasteiger partial charge in [-0.05, 0) is 26.0 Å². The summed E-state index contributed by atoms with van der Waals surface area (Å²) in [5.41, 5.74) is 1.96. The van der Waals surface area contributed by atoms with Crippen molar-refractivity contribution in [2.24, 2.45) is 0 Å². The van der Waals surface area contributed by atoms with Crippen molar-refractivity contribution in [3.63, 3.8) is 0 Å². The highest BCUT2D eigenvalue weighted by atomic mass is 32.2. The Kier molecular flexibility index (Phi) is 3.38. The van der Waals surface area contributed by atoms with Crippen molar-refractivity contribution in [2.45, 2.75) is 30.8 Å². The van der Waals surface area contributed by atoms with E-state index in [2.05, 4.69) is 4.98 Å². The maximum absolute atomic E-state index is 10.9. The van der Waals surface area contributed by atoms with Crippen LogP contribution in [0.25, 0.3) is 11.0 Å². The molecule has 4 nitrogen and oxygen atoms in total. The monoisotopic (exact) mass is 250 g/mol. The first-order valence-electron chi connectivity index (χ1n) is 5.48. The number of hydrogen-bond acceptors (Lipinski definition) is 3. The molecule has 0 radical (unpaired) electrons. The van der Waals surface area contributed by atoms with Crippen LogP contribution in [-0.4, -0.2) is 25.9 Å². The van der Waals surface area contributed by atoms with Gasteiger partial charge in [0.05, 0.1) is 11.0 Å². The lowest BCUT2D eigenvalue weighted by molar-refractivity contribution is -0.136. The fourth-order valence-corrected chi connectivity index (χ4v) is 2.58. The van der Waals surface area contributed by atoms with Crippen LogP contribution >= 0.6 is 11.8 Å². The quantitative estimate of drug-likeness (QED) is 0.847. The molecule has 0 aliphatic heterocycles. The van der Waals surface area contributed by atoms with Crippen LogP contribution in [0.3, 0.4) is 0 Å². The number of para-hydroxylation sites is 2. The minimum atomic E-state index is -0.815. The van der Waals surface area contributed by atoms with E-state index in [0.717, 1.165) is 22.7 Å². The Hall–Kier alpha value is -1.49. The third-order valence-electron chi connectivity index (χ3n) is 2.57. The molecule has 1 atom stereocenters. The van der Waals surface area contributed by atoms with Gasteiger partial charge < -0.3 is 9.67 Å². The standard InChI is InChI=1S/C12H14N2O2S/c1-3-14-10-7-5-4-6-9(10)13-12(14)17-8(2)11(15)16/h4-8H,3H2,1-2H3,(H,15,16). The number of imidazole rings is 1. The average Bonchev–Trinajstić information content (AvgIpc) is 2.65. The molecule has 2 rings (SSSR count). The van der Waals surface area contributed by atoms with Crippen LogP contribution in [0.1, 0.15) is 13.8 Å². The van der Waals surface area contributed by atoms with Gasteiger partial charge in [-0.1, -0.05) is 23.9 Å². The highest BCUT2D eigenvalue weighted by Crippen LogP contribution is 2.27. The molecule has 1 heterocycles. The maximum atomic E-state index is 10.9. The first kappa shape index (κ1) is 12.0. The zero-order chi connectivity index (χ0) is 12.4. The van der Waals surface area contributed by atoms with Crippen molar-refractivity contribution in [2.75, 3.05) is 0 Å². The van der Waals surface area contributed by atoms with Crippen LogP contribution in [0.2, 0.25) is 0 Å². The second-order valence-electron chi connectivity index (χ2n) is 3.73. The van der Waals surface area contributed by atoms with E-state index >= 15 is 0 Å². The van der Waals surface area contributed by atoms with Gasteiger partial charge in [-0.25, -0.2) is 4.98 Å². The number of benzene rings is 1. The largest absolute Gasteiger partial charge is 0.480 e. The topological polar surface area (TPSA) is 55.1 Å². The summed E-state index contributed by atoms with van der Waals surface area (Å²) in [6.07, 6.45) is 0. The lowest BCUT2D eigenvalue weighted by Gasteiger charge is -2.07. The molecule has 1 aromatic carbocycles. The number of rotatable bonds is 4. The highest BCUT2D eigenvalue weighted by molar-refractivity contribution is 8.00. The predicted molar refractivity (Wildman–Crippen MR) is 68.4 cm³/mol. The predicted octanol–water partition coefficient (Wildman–Crippen LogP) is 2.62. The van der Waals surface area contributed by atoms with Gasteiger partial charge in [-0.3, -0.25) is 4.79 Å². The lowest BCUT2D eigenvalue weighted by atomic mass is 10.3. The molecule has 2 aromatic rings. The first-order valence-corrected chi connectivity index (χ1v) is 6.36. The molecular weight excluding hydrogens is 236 g/mol. The minimum Gasteiger partial charge on any atom is -0.480 e. The number of carbonyl (C=O) groups is 1. The number of carboxylic acids is 1. The van der Waals surface area contributed by atoms with Gasteiger partial charge in [0.2, 0.25) is 0 Å². The third-order valence-corrected chi connectivity index (χ3v) is 3.64. The Labute approximate surface area is 104 Å². The number of hydrogen-bond donors (Lipinski definition) is 1. The summed E-state index contributed by atoms with van der Waals surface area (Å²) < 4.78 is 2.04. The fraction of sp³-hybridized carbons (Fsp3) is 0.333. The van der Waals surface area contributed by atoms with E-state index < -0.39 is 11.2 Å². The average molecular weight is 250 g/mol. The van der Waals surface area contributed by atoms with E-state index in [9.17, 15) is 4.79 Å². The van der Waals surface area contributed by atoms with Gasteiger partial charge in [0.25, 0.3) is 0 Å². The molecule has 17 heavy (non-hydrogen) atoms. The van der Waals surface area contributed by atoms with Crippen molar-refractivity contribution < 1.29 is 9.90 Å². The van der Waals surface area contributed by atoms with Crippen molar-refractivity contribution in [3.8, 4) is 0 Å². The zero-order valence-electron chi connectivity index (χ0n) is 9.75. The number of aromatic nitrogens is 2. The molecule has 0 aliphatic rings. The van der Waals surface area contributed by atoms with Crippen LogP contribution in [0, 0.1) is 0 Å². The summed E-state index contributed by atoms with van der Waals surface area (Å²) >= 11 is 1.28. The third kappa shape index (κ3) is 2.29. The van der Waals surface area contributed by atoms with Gasteiger partial charge in [0, 0.05) is 6.54 Å². The van der Waals surface area contributed by atoms with Gasteiger partial charge in [0.15, 0.2) is 5.16 Å². The van der Waals surface area contributed by atoms with Crippen molar-refractivity contribution >= 4 is 28.8 Å². The molecule has 1 unspecified atom stereocenters. The van der Waals surface area contributed by atoms with Crippen LogP contribution in [0.5, 0.6) is 0 Å². The Bertz CT molecular complexity index is 550. The SMILES string of the molecule is CCn1c(SC(C)C(=O)O)nc2ccccc21. The van der Waals surface area contributed by atoms with Crippen LogP contribution in [0.4, 0.5) is 0 Å². The minimum absolute atomic E-state index is 0.489. The van der Waals surface area contributed by atoms with Crippen molar-refractivity contribution in [1.82, 2.24) is 9.55 Å². The zero-order valence-corrected chi connectivity index (χ0v) is 10.6.